The zero-order valence-electron chi connectivity index (χ0n) is 13.5. The first-order valence-corrected chi connectivity index (χ1v) is 8.11. The molecule has 0 atom stereocenters. The lowest BCUT2D eigenvalue weighted by Crippen LogP contribution is -2.24. The van der Waals surface area contributed by atoms with Crippen LogP contribution in [0.15, 0.2) is 22.1 Å². The molecule has 0 bridgehead atoms. The van der Waals surface area contributed by atoms with Gasteiger partial charge in [0.2, 0.25) is 5.75 Å². The van der Waals surface area contributed by atoms with E-state index in [1.807, 2.05) is 6.07 Å². The van der Waals surface area contributed by atoms with Crippen LogP contribution in [0.1, 0.15) is 5.56 Å². The Morgan fingerprint density at radius 1 is 1.21 bits per heavy atom. The zero-order chi connectivity index (χ0) is 17.3. The second-order valence-corrected chi connectivity index (χ2v) is 5.98. The first kappa shape index (κ1) is 16.2. The van der Waals surface area contributed by atoms with Crippen LogP contribution < -0.4 is 19.8 Å². The monoisotopic (exact) mass is 345 g/mol. The van der Waals surface area contributed by atoms with Gasteiger partial charge in [-0.1, -0.05) is 11.8 Å². The number of hydrogen-bond acceptors (Lipinski definition) is 7. The van der Waals surface area contributed by atoms with Gasteiger partial charge in [0.15, 0.2) is 16.7 Å². The van der Waals surface area contributed by atoms with Crippen molar-refractivity contribution in [3.8, 4) is 34.6 Å². The Kier molecular flexibility index (Phi) is 4.36. The largest absolute Gasteiger partial charge is 0.493 e. The van der Waals surface area contributed by atoms with Gasteiger partial charge in [-0.3, -0.25) is 9.36 Å². The maximum Gasteiger partial charge on any atom is 0.272 e. The van der Waals surface area contributed by atoms with Gasteiger partial charge in [-0.05, 0) is 12.1 Å². The number of ether oxygens (including phenoxy) is 3. The van der Waals surface area contributed by atoms with Crippen LogP contribution in [0.5, 0.6) is 17.2 Å². The average Bonchev–Trinajstić information content (AvgIpc) is 3.09. The van der Waals surface area contributed by atoms with Crippen LogP contribution >= 0.6 is 11.8 Å². The van der Waals surface area contributed by atoms with E-state index in [4.69, 9.17) is 14.2 Å². The molecule has 0 saturated heterocycles. The summed E-state index contributed by atoms with van der Waals surface area (Å²) < 4.78 is 17.6. The lowest BCUT2D eigenvalue weighted by atomic mass is 10.1. The maximum atomic E-state index is 12.6. The van der Waals surface area contributed by atoms with E-state index in [-0.39, 0.29) is 11.1 Å². The van der Waals surface area contributed by atoms with E-state index < -0.39 is 0 Å². The second kappa shape index (κ2) is 6.45. The van der Waals surface area contributed by atoms with Crippen LogP contribution in [0.4, 0.5) is 0 Å². The summed E-state index contributed by atoms with van der Waals surface area (Å²) in [4.78, 5) is 17.1. The maximum absolute atomic E-state index is 12.6. The predicted molar refractivity (Wildman–Crippen MR) is 89.0 cm³/mol. The van der Waals surface area contributed by atoms with E-state index in [1.54, 1.807) is 12.1 Å². The predicted octanol–water partition coefficient (Wildman–Crippen LogP) is 1.91. The lowest BCUT2D eigenvalue weighted by Gasteiger charge is -2.16. The van der Waals surface area contributed by atoms with E-state index in [0.29, 0.717) is 40.2 Å². The van der Waals surface area contributed by atoms with Crippen LogP contribution in [0.25, 0.3) is 11.3 Å². The number of aromatic nitrogens is 2. The van der Waals surface area contributed by atoms with E-state index in [1.165, 1.54) is 37.7 Å². The minimum atomic E-state index is -0.334. The SMILES string of the molecule is COc1ccc(-c2nc3n(c(=O)c2C#N)CCS3)c(OC)c1OC. The van der Waals surface area contributed by atoms with Gasteiger partial charge < -0.3 is 14.2 Å². The first-order valence-electron chi connectivity index (χ1n) is 7.13. The van der Waals surface area contributed by atoms with Crippen molar-refractivity contribution < 1.29 is 14.2 Å². The van der Waals surface area contributed by atoms with E-state index in [0.717, 1.165) is 5.75 Å². The van der Waals surface area contributed by atoms with Gasteiger partial charge in [-0.15, -0.1) is 0 Å². The second-order valence-electron chi connectivity index (χ2n) is 4.92. The van der Waals surface area contributed by atoms with Crippen molar-refractivity contribution >= 4 is 11.8 Å². The molecular formula is C16H15N3O4S. The van der Waals surface area contributed by atoms with Gasteiger partial charge in [0.1, 0.15) is 17.3 Å². The third kappa shape index (κ3) is 2.37. The quantitative estimate of drug-likeness (QED) is 0.782. The molecule has 0 amide bonds. The zero-order valence-corrected chi connectivity index (χ0v) is 14.3. The summed E-state index contributed by atoms with van der Waals surface area (Å²) >= 11 is 1.49. The third-order valence-electron chi connectivity index (χ3n) is 3.75. The molecule has 2 aromatic rings. The summed E-state index contributed by atoms with van der Waals surface area (Å²) in [6, 6.07) is 5.38. The minimum Gasteiger partial charge on any atom is -0.493 e. The van der Waals surface area contributed by atoms with Crippen molar-refractivity contribution in [3.05, 3.63) is 28.0 Å². The highest BCUT2D eigenvalue weighted by molar-refractivity contribution is 7.99. The van der Waals surface area contributed by atoms with Crippen molar-refractivity contribution in [2.75, 3.05) is 27.1 Å². The van der Waals surface area contributed by atoms with E-state index in [9.17, 15) is 10.1 Å². The first-order chi connectivity index (χ1) is 11.7. The average molecular weight is 345 g/mol. The molecule has 8 heteroatoms. The molecule has 0 radical (unpaired) electrons. The molecule has 24 heavy (non-hydrogen) atoms. The molecule has 1 aromatic heterocycles. The standard InChI is InChI=1S/C16H15N3O4S/c1-21-11-5-4-9(13(22-2)14(11)23-3)12-10(8-17)15(20)19-6-7-24-16(19)18-12/h4-5H,6-7H2,1-3H3. The van der Waals surface area contributed by atoms with Gasteiger partial charge >= 0.3 is 0 Å². The highest BCUT2D eigenvalue weighted by atomic mass is 32.2. The van der Waals surface area contributed by atoms with Gasteiger partial charge in [-0.2, -0.15) is 5.26 Å². The number of methoxy groups -OCH3 is 3. The number of nitriles is 1. The summed E-state index contributed by atoms with van der Waals surface area (Å²) in [7, 11) is 4.51. The molecule has 0 aliphatic carbocycles. The molecule has 0 fully saturated rings. The van der Waals surface area contributed by atoms with Crippen LogP contribution in [0.2, 0.25) is 0 Å². The Morgan fingerprint density at radius 3 is 2.58 bits per heavy atom. The molecule has 0 saturated carbocycles. The molecule has 1 aliphatic rings. The van der Waals surface area contributed by atoms with Gasteiger partial charge in [0.05, 0.1) is 21.3 Å². The number of benzene rings is 1. The van der Waals surface area contributed by atoms with Crippen molar-refractivity contribution in [2.24, 2.45) is 0 Å². The van der Waals surface area contributed by atoms with Crippen molar-refractivity contribution in [1.29, 1.82) is 5.26 Å². The summed E-state index contributed by atoms with van der Waals surface area (Å²) in [5.41, 5.74) is 0.465. The Labute approximate surface area is 142 Å². The van der Waals surface area contributed by atoms with Crippen LogP contribution in [-0.2, 0) is 6.54 Å². The van der Waals surface area contributed by atoms with Gasteiger partial charge in [0, 0.05) is 17.9 Å². The van der Waals surface area contributed by atoms with Gasteiger partial charge in [-0.25, -0.2) is 4.98 Å². The number of hydrogen-bond donors (Lipinski definition) is 0. The summed E-state index contributed by atoms with van der Waals surface area (Å²) in [5.74, 6) is 2.01. The topological polar surface area (TPSA) is 86.4 Å². The molecular weight excluding hydrogens is 330 g/mol. The molecule has 2 heterocycles. The number of nitrogens with zero attached hydrogens (tertiary/aromatic N) is 3. The van der Waals surface area contributed by atoms with Crippen LogP contribution in [0.3, 0.4) is 0 Å². The third-order valence-corrected chi connectivity index (χ3v) is 4.71. The van der Waals surface area contributed by atoms with Crippen LogP contribution in [0, 0.1) is 11.3 Å². The molecule has 7 nitrogen and oxygen atoms in total. The highest BCUT2D eigenvalue weighted by Crippen LogP contribution is 2.44. The number of thioether (sulfide) groups is 1. The Balaban J connectivity index is 2.33. The van der Waals surface area contributed by atoms with Gasteiger partial charge in [0.25, 0.3) is 5.56 Å². The number of fused-ring (bicyclic) bond motifs is 1. The smallest absolute Gasteiger partial charge is 0.272 e. The van der Waals surface area contributed by atoms with E-state index >= 15 is 0 Å². The number of rotatable bonds is 4. The lowest BCUT2D eigenvalue weighted by molar-refractivity contribution is 0.325. The Bertz CT molecular complexity index is 902. The molecule has 0 spiro atoms. The summed E-state index contributed by atoms with van der Waals surface area (Å²) in [6.45, 7) is 0.559. The molecule has 0 N–H and O–H groups in total. The van der Waals surface area contributed by atoms with Crippen LogP contribution in [-0.4, -0.2) is 36.6 Å². The van der Waals surface area contributed by atoms with Crippen molar-refractivity contribution in [2.45, 2.75) is 11.7 Å². The molecule has 124 valence electrons. The Hall–Kier alpha value is -2.66. The molecule has 0 unspecified atom stereocenters. The fourth-order valence-corrected chi connectivity index (χ4v) is 3.60. The Morgan fingerprint density at radius 2 is 1.96 bits per heavy atom. The van der Waals surface area contributed by atoms with E-state index in [2.05, 4.69) is 4.98 Å². The molecule has 3 rings (SSSR count). The fraction of sp³-hybridized carbons (Fsp3) is 0.312. The normalized spacial score (nSPS) is 12.4. The molecule has 1 aliphatic heterocycles. The fourth-order valence-electron chi connectivity index (χ4n) is 2.65. The molecule has 1 aromatic carbocycles. The summed E-state index contributed by atoms with van der Waals surface area (Å²) in [6.07, 6.45) is 0. The summed E-state index contributed by atoms with van der Waals surface area (Å²) in [5, 5.41) is 10.1. The van der Waals surface area contributed by atoms with Crippen molar-refractivity contribution in [1.82, 2.24) is 9.55 Å². The van der Waals surface area contributed by atoms with Crippen molar-refractivity contribution in [3.63, 3.8) is 0 Å². The highest BCUT2D eigenvalue weighted by Gasteiger charge is 2.25. The minimum absolute atomic E-state index is 0.00762.